The minimum atomic E-state index is -0.323. The first kappa shape index (κ1) is 30.5. The van der Waals surface area contributed by atoms with Gasteiger partial charge in [-0.25, -0.2) is 4.98 Å². The molecule has 4 aromatic rings. The van der Waals surface area contributed by atoms with Crippen LogP contribution in [-0.2, 0) is 9.53 Å². The number of pyridine rings is 2. The second-order valence-corrected chi connectivity index (χ2v) is 10.9. The number of carbonyl (C=O) groups is 2. The molecular weight excluding hydrogens is 586 g/mol. The third kappa shape index (κ3) is 7.23. The van der Waals surface area contributed by atoms with E-state index >= 15 is 0 Å². The van der Waals surface area contributed by atoms with Crippen molar-refractivity contribution in [2.75, 3.05) is 49.4 Å². The lowest BCUT2D eigenvalue weighted by Crippen LogP contribution is -2.24. The van der Waals surface area contributed by atoms with Crippen LogP contribution in [0.2, 0.25) is 0 Å². The fourth-order valence-electron chi connectivity index (χ4n) is 5.27. The number of rotatable bonds is 9. The SMILES string of the molecule is COc1ccc(NC(=O)c2ccc(Nc3c(C#N)cnc4cc(OC5CCOC5)c(NC(=O)C=C5CCNCC5)cc34)nc2)cc1. The molecule has 0 radical (unpaired) electrons. The molecule has 1 atom stereocenters. The number of carbonyl (C=O) groups excluding carboxylic acids is 2. The number of benzene rings is 2. The number of aromatic nitrogens is 2. The average molecular weight is 620 g/mol. The summed E-state index contributed by atoms with van der Waals surface area (Å²) >= 11 is 0. The zero-order valence-corrected chi connectivity index (χ0v) is 25.3. The van der Waals surface area contributed by atoms with E-state index in [0.29, 0.717) is 64.1 Å². The molecular formula is C34H33N7O5. The van der Waals surface area contributed by atoms with Gasteiger partial charge in [-0.3, -0.25) is 14.6 Å². The van der Waals surface area contributed by atoms with Gasteiger partial charge in [-0.15, -0.1) is 0 Å². The molecule has 2 amide bonds. The molecule has 2 aromatic heterocycles. The van der Waals surface area contributed by atoms with Crippen molar-refractivity contribution in [3.8, 4) is 17.6 Å². The van der Waals surface area contributed by atoms with Crippen LogP contribution in [0.25, 0.3) is 10.9 Å². The molecule has 0 aliphatic carbocycles. The number of hydrogen-bond acceptors (Lipinski definition) is 10. The normalized spacial score (nSPS) is 15.9. The largest absolute Gasteiger partial charge is 0.497 e. The minimum Gasteiger partial charge on any atom is -0.497 e. The van der Waals surface area contributed by atoms with Crippen LogP contribution >= 0.6 is 0 Å². The number of anilines is 4. The van der Waals surface area contributed by atoms with E-state index in [0.717, 1.165) is 37.9 Å². The highest BCUT2D eigenvalue weighted by Gasteiger charge is 2.22. The third-order valence-electron chi connectivity index (χ3n) is 7.74. The molecule has 0 saturated carbocycles. The topological polar surface area (TPSA) is 160 Å². The first-order valence-corrected chi connectivity index (χ1v) is 15.0. The first-order valence-electron chi connectivity index (χ1n) is 15.0. The van der Waals surface area contributed by atoms with Crippen molar-refractivity contribution in [1.29, 1.82) is 5.26 Å². The number of nitrogens with zero attached hydrogens (tertiary/aromatic N) is 3. The number of hydrogen-bond donors (Lipinski definition) is 4. The summed E-state index contributed by atoms with van der Waals surface area (Å²) in [6, 6.07) is 16.0. The molecule has 46 heavy (non-hydrogen) atoms. The van der Waals surface area contributed by atoms with Crippen LogP contribution in [-0.4, -0.2) is 61.3 Å². The lowest BCUT2D eigenvalue weighted by molar-refractivity contribution is -0.112. The monoisotopic (exact) mass is 619 g/mol. The Morgan fingerprint density at radius 1 is 1.07 bits per heavy atom. The van der Waals surface area contributed by atoms with E-state index in [9.17, 15) is 14.9 Å². The Hall–Kier alpha value is -5.51. The molecule has 6 rings (SSSR count). The quantitative estimate of drug-likeness (QED) is 0.189. The molecule has 234 valence electrons. The summed E-state index contributed by atoms with van der Waals surface area (Å²) in [5, 5.41) is 22.9. The number of amides is 2. The van der Waals surface area contributed by atoms with Gasteiger partial charge in [-0.1, -0.05) is 5.57 Å². The Balaban J connectivity index is 1.28. The zero-order valence-electron chi connectivity index (χ0n) is 25.3. The second kappa shape index (κ2) is 14.1. The molecule has 12 nitrogen and oxygen atoms in total. The Kier molecular flexibility index (Phi) is 9.33. The Bertz CT molecular complexity index is 1800. The van der Waals surface area contributed by atoms with Crippen molar-refractivity contribution in [1.82, 2.24) is 15.3 Å². The highest BCUT2D eigenvalue weighted by atomic mass is 16.5. The van der Waals surface area contributed by atoms with E-state index < -0.39 is 0 Å². The predicted octanol–water partition coefficient (Wildman–Crippen LogP) is 4.92. The van der Waals surface area contributed by atoms with Crippen LogP contribution in [0, 0.1) is 11.3 Å². The van der Waals surface area contributed by atoms with Gasteiger partial charge in [0.1, 0.15) is 29.5 Å². The van der Waals surface area contributed by atoms with Gasteiger partial charge in [0, 0.05) is 42.0 Å². The van der Waals surface area contributed by atoms with E-state index in [2.05, 4.69) is 37.3 Å². The molecule has 2 saturated heterocycles. The third-order valence-corrected chi connectivity index (χ3v) is 7.74. The fourth-order valence-corrected chi connectivity index (χ4v) is 5.27. The van der Waals surface area contributed by atoms with Crippen molar-refractivity contribution in [2.45, 2.75) is 25.4 Å². The smallest absolute Gasteiger partial charge is 0.257 e. The van der Waals surface area contributed by atoms with Gasteiger partial charge in [0.25, 0.3) is 5.91 Å². The second-order valence-electron chi connectivity index (χ2n) is 10.9. The summed E-state index contributed by atoms with van der Waals surface area (Å²) in [7, 11) is 1.58. The van der Waals surface area contributed by atoms with Crippen LogP contribution in [0.5, 0.6) is 11.5 Å². The molecule has 4 N–H and O–H groups in total. The molecule has 12 heteroatoms. The Labute approximate surface area is 265 Å². The molecule has 2 aliphatic rings. The summed E-state index contributed by atoms with van der Waals surface area (Å²) in [4.78, 5) is 34.9. The fraction of sp³-hybridized carbons (Fsp3) is 0.265. The van der Waals surface area contributed by atoms with Crippen LogP contribution in [0.1, 0.15) is 35.2 Å². The van der Waals surface area contributed by atoms with E-state index in [-0.39, 0.29) is 23.5 Å². The van der Waals surface area contributed by atoms with Gasteiger partial charge in [0.05, 0.1) is 48.3 Å². The summed E-state index contributed by atoms with van der Waals surface area (Å²) in [6.07, 6.45) is 6.77. The Morgan fingerprint density at radius 2 is 1.89 bits per heavy atom. The maximum absolute atomic E-state index is 13.1. The van der Waals surface area contributed by atoms with E-state index in [1.165, 1.54) is 12.4 Å². The minimum absolute atomic E-state index is 0.156. The van der Waals surface area contributed by atoms with Crippen molar-refractivity contribution in [3.05, 3.63) is 83.7 Å². The van der Waals surface area contributed by atoms with Crippen molar-refractivity contribution >= 4 is 45.6 Å². The van der Waals surface area contributed by atoms with E-state index in [4.69, 9.17) is 14.2 Å². The molecule has 4 heterocycles. The molecule has 2 fully saturated rings. The maximum Gasteiger partial charge on any atom is 0.257 e. The van der Waals surface area contributed by atoms with Gasteiger partial charge < -0.3 is 35.5 Å². The van der Waals surface area contributed by atoms with Crippen LogP contribution < -0.4 is 30.7 Å². The van der Waals surface area contributed by atoms with Crippen molar-refractivity contribution in [3.63, 3.8) is 0 Å². The van der Waals surface area contributed by atoms with Gasteiger partial charge in [-0.05, 0) is 68.4 Å². The lowest BCUT2D eigenvalue weighted by Gasteiger charge is -2.19. The number of nitrogens with one attached hydrogen (secondary N) is 4. The van der Waals surface area contributed by atoms with Crippen LogP contribution in [0.3, 0.4) is 0 Å². The van der Waals surface area contributed by atoms with Gasteiger partial charge in [0.15, 0.2) is 0 Å². The van der Waals surface area contributed by atoms with Gasteiger partial charge in [-0.2, -0.15) is 5.26 Å². The highest BCUT2D eigenvalue weighted by molar-refractivity contribution is 6.06. The van der Waals surface area contributed by atoms with Crippen LogP contribution in [0.4, 0.5) is 22.9 Å². The first-order chi connectivity index (χ1) is 22.5. The maximum atomic E-state index is 13.1. The number of piperidine rings is 1. The zero-order chi connectivity index (χ0) is 31.9. The highest BCUT2D eigenvalue weighted by Crippen LogP contribution is 2.37. The summed E-state index contributed by atoms with van der Waals surface area (Å²) in [5.74, 6) is 0.985. The number of fused-ring (bicyclic) bond motifs is 1. The van der Waals surface area contributed by atoms with Crippen molar-refractivity contribution < 1.29 is 23.8 Å². The van der Waals surface area contributed by atoms with E-state index in [1.54, 1.807) is 61.7 Å². The molecule has 1 unspecified atom stereocenters. The summed E-state index contributed by atoms with van der Waals surface area (Å²) < 4.78 is 16.9. The van der Waals surface area contributed by atoms with Gasteiger partial charge >= 0.3 is 0 Å². The molecule has 0 bridgehead atoms. The van der Waals surface area contributed by atoms with Gasteiger partial charge in [0.2, 0.25) is 5.91 Å². The number of nitriles is 1. The lowest BCUT2D eigenvalue weighted by atomic mass is 10.0. The number of ether oxygens (including phenoxy) is 3. The molecule has 2 aromatic carbocycles. The Morgan fingerprint density at radius 3 is 2.59 bits per heavy atom. The summed E-state index contributed by atoms with van der Waals surface area (Å²) in [5.41, 5.74) is 3.79. The average Bonchev–Trinajstić information content (AvgIpc) is 3.59. The molecule has 0 spiro atoms. The van der Waals surface area contributed by atoms with E-state index in [1.807, 2.05) is 0 Å². The van der Waals surface area contributed by atoms with Crippen molar-refractivity contribution in [2.24, 2.45) is 0 Å². The van der Waals surface area contributed by atoms with Crippen LogP contribution in [0.15, 0.2) is 72.6 Å². The summed E-state index contributed by atoms with van der Waals surface area (Å²) in [6.45, 7) is 2.74. The number of methoxy groups -OCH3 is 1. The standard InChI is InChI=1S/C34H33N7O5/c1-44-25-5-3-24(4-6-25)39-34(43)22-2-7-31(38-18-22)41-33-23(17-35)19-37-28-16-30(46-26-10-13-45-20-26)29(15-27(28)33)40-32(42)14-21-8-11-36-12-9-21/h2-7,14-16,18-19,26,36H,8-13,20H2,1H3,(H,39,43)(H,40,42)(H,37,38,41). The predicted molar refractivity (Wildman–Crippen MR) is 174 cm³/mol. The molecule has 2 aliphatic heterocycles.